The quantitative estimate of drug-likeness (QED) is 0.808. The molecule has 3 rings (SSSR count). The number of rotatable bonds is 4. The fourth-order valence-corrected chi connectivity index (χ4v) is 3.86. The van der Waals surface area contributed by atoms with Crippen LogP contribution >= 0.6 is 27.7 Å². The number of halogens is 2. The van der Waals surface area contributed by atoms with E-state index in [1.54, 1.807) is 23.9 Å². The zero-order valence-electron chi connectivity index (χ0n) is 12.5. The fourth-order valence-electron chi connectivity index (χ4n) is 2.44. The van der Waals surface area contributed by atoms with E-state index in [4.69, 9.17) is 4.42 Å². The van der Waals surface area contributed by atoms with Gasteiger partial charge in [-0.15, -0.1) is 11.8 Å². The monoisotopic (exact) mass is 412 g/mol. The molecule has 1 atom stereocenters. The number of nitrogens with one attached hydrogen (secondary N) is 2. The van der Waals surface area contributed by atoms with Crippen molar-refractivity contribution in [3.8, 4) is 0 Å². The molecule has 126 valence electrons. The number of fused-ring (bicyclic) bond motifs is 1. The van der Waals surface area contributed by atoms with Gasteiger partial charge in [0, 0.05) is 10.6 Å². The van der Waals surface area contributed by atoms with Gasteiger partial charge in [-0.3, -0.25) is 9.59 Å². The molecule has 0 saturated heterocycles. The van der Waals surface area contributed by atoms with Gasteiger partial charge < -0.3 is 15.1 Å². The molecule has 1 aliphatic rings. The number of hydrogen-bond donors (Lipinski definition) is 2. The maximum Gasteiger partial charge on any atom is 0.287 e. The third kappa shape index (κ3) is 3.99. The van der Waals surface area contributed by atoms with Crippen LogP contribution in [0.5, 0.6) is 0 Å². The van der Waals surface area contributed by atoms with Crippen molar-refractivity contribution in [2.45, 2.75) is 17.4 Å². The van der Waals surface area contributed by atoms with Gasteiger partial charge >= 0.3 is 0 Å². The van der Waals surface area contributed by atoms with Crippen molar-refractivity contribution in [2.24, 2.45) is 0 Å². The third-order valence-electron chi connectivity index (χ3n) is 3.55. The molecule has 1 aromatic heterocycles. The number of carbonyl (C=O) groups excluding carboxylic acids is 2. The Morgan fingerprint density at radius 2 is 2.17 bits per heavy atom. The van der Waals surface area contributed by atoms with Gasteiger partial charge in [-0.2, -0.15) is 0 Å². The van der Waals surface area contributed by atoms with Crippen molar-refractivity contribution in [3.05, 3.63) is 52.1 Å². The second-order valence-corrected chi connectivity index (χ2v) is 7.14. The highest BCUT2D eigenvalue weighted by Crippen LogP contribution is 2.36. The maximum absolute atomic E-state index is 13.5. The van der Waals surface area contributed by atoms with Crippen LogP contribution in [-0.4, -0.2) is 24.1 Å². The van der Waals surface area contributed by atoms with Crippen molar-refractivity contribution < 1.29 is 18.4 Å². The Morgan fingerprint density at radius 3 is 2.92 bits per heavy atom. The lowest BCUT2D eigenvalue weighted by Gasteiger charge is -2.26. The summed E-state index contributed by atoms with van der Waals surface area (Å²) in [7, 11) is 0. The van der Waals surface area contributed by atoms with E-state index >= 15 is 0 Å². The van der Waals surface area contributed by atoms with E-state index in [9.17, 15) is 14.0 Å². The number of benzene rings is 1. The van der Waals surface area contributed by atoms with Crippen molar-refractivity contribution >= 4 is 39.5 Å². The number of carbonyl (C=O) groups is 2. The largest absolute Gasteiger partial charge is 0.444 e. The van der Waals surface area contributed by atoms with Crippen LogP contribution in [0.4, 0.5) is 4.39 Å². The van der Waals surface area contributed by atoms with E-state index < -0.39 is 5.91 Å². The molecule has 8 heteroatoms. The van der Waals surface area contributed by atoms with Crippen LogP contribution in [0.1, 0.15) is 28.6 Å². The fraction of sp³-hybridized carbons (Fsp3) is 0.250. The van der Waals surface area contributed by atoms with E-state index in [1.165, 1.54) is 18.2 Å². The highest BCUT2D eigenvalue weighted by atomic mass is 79.9. The van der Waals surface area contributed by atoms with Gasteiger partial charge in [0.15, 0.2) is 10.4 Å². The first-order chi connectivity index (χ1) is 11.5. The van der Waals surface area contributed by atoms with Gasteiger partial charge in [0.05, 0.1) is 12.6 Å². The molecule has 0 bridgehead atoms. The topological polar surface area (TPSA) is 71.3 Å². The summed E-state index contributed by atoms with van der Waals surface area (Å²) in [6, 6.07) is 7.45. The van der Waals surface area contributed by atoms with E-state index in [0.717, 1.165) is 16.2 Å². The lowest BCUT2D eigenvalue weighted by Crippen LogP contribution is -2.39. The molecule has 1 aliphatic heterocycles. The minimum atomic E-state index is -0.471. The number of thioether (sulfide) groups is 1. The van der Waals surface area contributed by atoms with Crippen molar-refractivity contribution in [3.63, 3.8) is 0 Å². The predicted molar refractivity (Wildman–Crippen MR) is 91.4 cm³/mol. The van der Waals surface area contributed by atoms with Crippen LogP contribution in [0.3, 0.4) is 0 Å². The molecule has 1 unspecified atom stereocenters. The molecular weight excluding hydrogens is 399 g/mol. The Balaban J connectivity index is 1.58. The second-order valence-electron chi connectivity index (χ2n) is 5.23. The highest BCUT2D eigenvalue weighted by molar-refractivity contribution is 9.10. The molecule has 5 nitrogen and oxygen atoms in total. The van der Waals surface area contributed by atoms with Gasteiger partial charge in [0.2, 0.25) is 5.91 Å². The first-order valence-electron chi connectivity index (χ1n) is 7.28. The third-order valence-corrected chi connectivity index (χ3v) is 5.10. The van der Waals surface area contributed by atoms with Crippen molar-refractivity contribution in [2.75, 3.05) is 12.3 Å². The normalized spacial score (nSPS) is 16.3. The first kappa shape index (κ1) is 17.0. The summed E-state index contributed by atoms with van der Waals surface area (Å²) in [5.41, 5.74) is 0.779. The molecule has 0 fully saturated rings. The maximum atomic E-state index is 13.5. The zero-order valence-corrected chi connectivity index (χ0v) is 14.9. The summed E-state index contributed by atoms with van der Waals surface area (Å²) in [6.07, 6.45) is 0.714. The van der Waals surface area contributed by atoms with Gasteiger partial charge in [0.1, 0.15) is 5.82 Å². The number of amides is 2. The second kappa shape index (κ2) is 7.40. The summed E-state index contributed by atoms with van der Waals surface area (Å²) in [6.45, 7) is -0.175. The van der Waals surface area contributed by atoms with Gasteiger partial charge in [-0.25, -0.2) is 4.39 Å². The minimum absolute atomic E-state index is 0.121. The molecule has 24 heavy (non-hydrogen) atoms. The molecule has 1 aromatic carbocycles. The van der Waals surface area contributed by atoms with E-state index in [0.29, 0.717) is 11.1 Å². The standard InChI is InChI=1S/C16H14BrFN2O3S/c17-14-4-2-12(23-14)16(22)19-8-15(21)20-11-5-6-24-13-3-1-9(18)7-10(11)13/h1-4,7,11H,5-6,8H2,(H,19,22)(H,20,21). The molecule has 0 radical (unpaired) electrons. The van der Waals surface area contributed by atoms with Crippen molar-refractivity contribution in [1.82, 2.24) is 10.6 Å². The molecule has 0 saturated carbocycles. The molecule has 0 aliphatic carbocycles. The van der Waals surface area contributed by atoms with E-state index in [1.807, 2.05) is 0 Å². The Kier molecular flexibility index (Phi) is 5.25. The highest BCUT2D eigenvalue weighted by Gasteiger charge is 2.23. The number of hydrogen-bond acceptors (Lipinski definition) is 4. The van der Waals surface area contributed by atoms with Gasteiger partial charge in [0.25, 0.3) is 5.91 Å². The first-order valence-corrected chi connectivity index (χ1v) is 9.06. The average molecular weight is 413 g/mol. The minimum Gasteiger partial charge on any atom is -0.444 e. The van der Waals surface area contributed by atoms with Crippen molar-refractivity contribution in [1.29, 1.82) is 0 Å². The van der Waals surface area contributed by atoms with E-state index in [2.05, 4.69) is 26.6 Å². The molecule has 2 heterocycles. The average Bonchev–Trinajstić information content (AvgIpc) is 3.00. The molecule has 2 amide bonds. The Morgan fingerprint density at radius 1 is 1.33 bits per heavy atom. The Labute approximate surface area is 150 Å². The Bertz CT molecular complexity index is 780. The molecule has 2 aromatic rings. The zero-order chi connectivity index (χ0) is 17.1. The summed E-state index contributed by atoms with van der Waals surface area (Å²) in [5, 5.41) is 5.33. The van der Waals surface area contributed by atoms with Gasteiger partial charge in [-0.1, -0.05) is 0 Å². The van der Waals surface area contributed by atoms with Crippen LogP contribution < -0.4 is 10.6 Å². The SMILES string of the molecule is O=C(CNC(=O)c1ccc(Br)o1)NC1CCSc2ccc(F)cc21. The number of furan rings is 1. The Hall–Kier alpha value is -1.80. The summed E-state index contributed by atoms with van der Waals surface area (Å²) < 4.78 is 19.0. The van der Waals surface area contributed by atoms with Crippen LogP contribution in [0.15, 0.2) is 44.3 Å². The van der Waals surface area contributed by atoms with Crippen LogP contribution in [0.2, 0.25) is 0 Å². The smallest absolute Gasteiger partial charge is 0.287 e. The van der Waals surface area contributed by atoms with Gasteiger partial charge in [-0.05, 0) is 58.2 Å². The van der Waals surface area contributed by atoms with E-state index in [-0.39, 0.29) is 30.1 Å². The summed E-state index contributed by atoms with van der Waals surface area (Å²) in [4.78, 5) is 24.9. The molecule has 0 spiro atoms. The molecular formula is C16H14BrFN2O3S. The van der Waals surface area contributed by atoms with Crippen LogP contribution in [0.25, 0.3) is 0 Å². The molecule has 2 N–H and O–H groups in total. The lowest BCUT2D eigenvalue weighted by atomic mass is 10.0. The van der Waals surface area contributed by atoms with Crippen LogP contribution in [-0.2, 0) is 4.79 Å². The van der Waals surface area contributed by atoms with Crippen LogP contribution in [0, 0.1) is 5.82 Å². The predicted octanol–water partition coefficient (Wildman–Crippen LogP) is 3.26. The summed E-state index contributed by atoms with van der Waals surface area (Å²) in [5.74, 6) is -0.165. The lowest BCUT2D eigenvalue weighted by molar-refractivity contribution is -0.120. The summed E-state index contributed by atoms with van der Waals surface area (Å²) >= 11 is 4.75.